The maximum Gasteiger partial charge on any atom is 0.408 e. The number of likely N-dealkylation sites (tertiary alicyclic amines) is 1. The fourth-order valence-corrected chi connectivity index (χ4v) is 2.78. The van der Waals surface area contributed by atoms with Crippen molar-refractivity contribution < 1.29 is 19.8 Å². The summed E-state index contributed by atoms with van der Waals surface area (Å²) in [5.74, 6) is -0.742. The van der Waals surface area contributed by atoms with Crippen molar-refractivity contribution in [1.29, 1.82) is 0 Å². The lowest BCUT2D eigenvalue weighted by atomic mass is 10.0. The molecule has 0 aromatic rings. The van der Waals surface area contributed by atoms with Crippen LogP contribution in [0, 0.1) is 5.92 Å². The zero-order valence-corrected chi connectivity index (χ0v) is 7.72. The summed E-state index contributed by atoms with van der Waals surface area (Å²) < 4.78 is 0. The number of aliphatic carboxylic acids is 1. The average Bonchev–Trinajstić information content (AvgIpc) is 2.58. The van der Waals surface area contributed by atoms with Crippen LogP contribution < -0.4 is 0 Å². The molecule has 1 amide bonds. The summed E-state index contributed by atoms with van der Waals surface area (Å²) in [7, 11) is 0. The fraction of sp³-hybridized carbons (Fsp3) is 0.778. The Balaban J connectivity index is 2.21. The Morgan fingerprint density at radius 1 is 1.21 bits per heavy atom. The van der Waals surface area contributed by atoms with Crippen molar-refractivity contribution in [3.8, 4) is 0 Å². The number of hydrogen-bond acceptors (Lipinski definition) is 2. The zero-order chi connectivity index (χ0) is 10.3. The van der Waals surface area contributed by atoms with Crippen LogP contribution in [0.1, 0.15) is 25.7 Å². The van der Waals surface area contributed by atoms with E-state index in [1.165, 1.54) is 0 Å². The minimum Gasteiger partial charge on any atom is -0.480 e. The largest absolute Gasteiger partial charge is 0.480 e. The first-order valence-electron chi connectivity index (χ1n) is 4.85. The minimum atomic E-state index is -1.09. The van der Waals surface area contributed by atoms with E-state index in [2.05, 4.69) is 0 Å². The molecule has 1 heterocycles. The highest BCUT2D eigenvalue weighted by Gasteiger charge is 2.48. The molecule has 3 atom stereocenters. The molecule has 2 aliphatic rings. The van der Waals surface area contributed by atoms with E-state index in [-0.39, 0.29) is 12.0 Å². The number of carboxylic acid groups (broad SMARTS) is 2. The van der Waals surface area contributed by atoms with Crippen molar-refractivity contribution in [2.24, 2.45) is 5.92 Å². The molecule has 5 nitrogen and oxygen atoms in total. The Kier molecular flexibility index (Phi) is 2.09. The smallest absolute Gasteiger partial charge is 0.408 e. The van der Waals surface area contributed by atoms with E-state index >= 15 is 0 Å². The maximum atomic E-state index is 10.9. The Hall–Kier alpha value is -1.26. The predicted octanol–water partition coefficient (Wildman–Crippen LogP) is 0.992. The molecule has 5 heteroatoms. The van der Waals surface area contributed by atoms with E-state index in [4.69, 9.17) is 10.2 Å². The highest BCUT2D eigenvalue weighted by atomic mass is 16.4. The second-order valence-corrected chi connectivity index (χ2v) is 4.04. The molecule has 0 spiro atoms. The quantitative estimate of drug-likeness (QED) is 0.660. The lowest BCUT2D eigenvalue weighted by Crippen LogP contribution is -2.44. The predicted molar refractivity (Wildman–Crippen MR) is 47.0 cm³/mol. The molecule has 14 heavy (non-hydrogen) atoms. The van der Waals surface area contributed by atoms with Gasteiger partial charge in [0.25, 0.3) is 0 Å². The topological polar surface area (TPSA) is 77.8 Å². The summed E-state index contributed by atoms with van der Waals surface area (Å²) in [5.41, 5.74) is 0. The lowest BCUT2D eigenvalue weighted by molar-refractivity contribution is -0.142. The summed E-state index contributed by atoms with van der Waals surface area (Å²) in [6.07, 6.45) is 2.21. The van der Waals surface area contributed by atoms with Crippen LogP contribution in [0.3, 0.4) is 0 Å². The molecule has 0 radical (unpaired) electrons. The van der Waals surface area contributed by atoms with Gasteiger partial charge in [0, 0.05) is 6.04 Å². The van der Waals surface area contributed by atoms with Crippen molar-refractivity contribution in [3.63, 3.8) is 0 Å². The SMILES string of the molecule is O=C(O)[C@@H]1C[C@@H]2CCC[C@@H]2N1C(=O)O. The molecule has 0 aromatic carbocycles. The summed E-state index contributed by atoms with van der Waals surface area (Å²) in [4.78, 5) is 22.9. The second kappa shape index (κ2) is 3.15. The van der Waals surface area contributed by atoms with Crippen LogP contribution in [0.2, 0.25) is 0 Å². The number of hydrogen-bond donors (Lipinski definition) is 2. The molecular weight excluding hydrogens is 186 g/mol. The van der Waals surface area contributed by atoms with Crippen LogP contribution >= 0.6 is 0 Å². The monoisotopic (exact) mass is 199 g/mol. The van der Waals surface area contributed by atoms with E-state index < -0.39 is 18.1 Å². The number of carbonyl (C=O) groups is 2. The van der Waals surface area contributed by atoms with Crippen LogP contribution in [0.5, 0.6) is 0 Å². The van der Waals surface area contributed by atoms with E-state index in [1.54, 1.807) is 0 Å². The lowest BCUT2D eigenvalue weighted by Gasteiger charge is -2.23. The maximum absolute atomic E-state index is 10.9. The molecule has 0 aromatic heterocycles. The van der Waals surface area contributed by atoms with Crippen molar-refractivity contribution in [1.82, 2.24) is 4.90 Å². The average molecular weight is 199 g/mol. The molecule has 2 N–H and O–H groups in total. The molecule has 1 saturated carbocycles. The third-order valence-corrected chi connectivity index (χ3v) is 3.34. The van der Waals surface area contributed by atoms with Gasteiger partial charge >= 0.3 is 12.1 Å². The van der Waals surface area contributed by atoms with E-state index in [0.717, 1.165) is 24.2 Å². The van der Waals surface area contributed by atoms with Crippen molar-refractivity contribution >= 4 is 12.1 Å². The summed E-state index contributed by atoms with van der Waals surface area (Å²) >= 11 is 0. The van der Waals surface area contributed by atoms with Gasteiger partial charge in [-0.3, -0.25) is 4.90 Å². The van der Waals surface area contributed by atoms with Crippen LogP contribution in [0.4, 0.5) is 4.79 Å². The first-order valence-corrected chi connectivity index (χ1v) is 4.85. The third kappa shape index (κ3) is 1.23. The van der Waals surface area contributed by atoms with Gasteiger partial charge in [-0.2, -0.15) is 0 Å². The Labute approximate surface area is 81.3 Å². The molecule has 2 rings (SSSR count). The van der Waals surface area contributed by atoms with Gasteiger partial charge in [-0.05, 0) is 25.2 Å². The zero-order valence-electron chi connectivity index (χ0n) is 7.72. The Morgan fingerprint density at radius 2 is 1.93 bits per heavy atom. The van der Waals surface area contributed by atoms with E-state index in [0.29, 0.717) is 6.42 Å². The summed E-state index contributed by atoms with van der Waals surface area (Å²) in [5, 5.41) is 17.8. The Morgan fingerprint density at radius 3 is 2.50 bits per heavy atom. The van der Waals surface area contributed by atoms with Gasteiger partial charge in [-0.25, -0.2) is 9.59 Å². The molecule has 1 aliphatic heterocycles. The fourth-order valence-electron chi connectivity index (χ4n) is 2.78. The van der Waals surface area contributed by atoms with Crippen LogP contribution in [-0.2, 0) is 4.79 Å². The third-order valence-electron chi connectivity index (χ3n) is 3.34. The summed E-state index contributed by atoms with van der Waals surface area (Å²) in [6.45, 7) is 0. The molecule has 1 saturated heterocycles. The first kappa shape index (κ1) is 9.30. The van der Waals surface area contributed by atoms with Gasteiger partial charge in [0.2, 0.25) is 0 Å². The number of nitrogens with zero attached hydrogens (tertiary/aromatic N) is 1. The molecule has 78 valence electrons. The van der Waals surface area contributed by atoms with Crippen LogP contribution in [0.15, 0.2) is 0 Å². The number of rotatable bonds is 1. The van der Waals surface area contributed by atoms with Gasteiger partial charge < -0.3 is 10.2 Å². The second-order valence-electron chi connectivity index (χ2n) is 4.04. The van der Waals surface area contributed by atoms with Gasteiger partial charge in [-0.1, -0.05) is 6.42 Å². The highest BCUT2D eigenvalue weighted by molar-refractivity contribution is 5.80. The molecule has 1 aliphatic carbocycles. The molecular formula is C9H13NO4. The molecule has 2 fully saturated rings. The van der Waals surface area contributed by atoms with Gasteiger partial charge in [0.05, 0.1) is 0 Å². The highest BCUT2D eigenvalue weighted by Crippen LogP contribution is 2.41. The van der Waals surface area contributed by atoms with E-state index in [1.807, 2.05) is 0 Å². The van der Waals surface area contributed by atoms with Gasteiger partial charge in [0.1, 0.15) is 6.04 Å². The minimum absolute atomic E-state index is 0.0476. The van der Waals surface area contributed by atoms with E-state index in [9.17, 15) is 9.59 Å². The number of carboxylic acids is 1. The molecule has 0 bridgehead atoms. The molecule has 0 unspecified atom stereocenters. The Bertz CT molecular complexity index is 278. The van der Waals surface area contributed by atoms with Crippen molar-refractivity contribution in [2.45, 2.75) is 37.8 Å². The van der Waals surface area contributed by atoms with Crippen LogP contribution in [0.25, 0.3) is 0 Å². The number of fused-ring (bicyclic) bond motifs is 1. The van der Waals surface area contributed by atoms with Crippen molar-refractivity contribution in [2.75, 3.05) is 0 Å². The first-order chi connectivity index (χ1) is 6.61. The number of amides is 1. The van der Waals surface area contributed by atoms with Gasteiger partial charge in [-0.15, -0.1) is 0 Å². The normalized spacial score (nSPS) is 35.7. The standard InChI is InChI=1S/C9H13NO4/c11-8(12)7-4-5-2-1-3-6(5)10(7)9(13)14/h5-7H,1-4H2,(H,11,12)(H,13,14)/t5-,6-,7-/m0/s1. The summed E-state index contributed by atoms with van der Waals surface area (Å²) in [6, 6.07) is -0.864. The van der Waals surface area contributed by atoms with Crippen LogP contribution in [-0.4, -0.2) is 39.3 Å². The van der Waals surface area contributed by atoms with Crippen molar-refractivity contribution in [3.05, 3.63) is 0 Å². The van der Waals surface area contributed by atoms with Gasteiger partial charge in [0.15, 0.2) is 0 Å².